The second kappa shape index (κ2) is 9.83. The molecule has 138 valence electrons. The Morgan fingerprint density at radius 2 is 1.54 bits per heavy atom. The van der Waals surface area contributed by atoms with Crippen molar-refractivity contribution in [2.75, 3.05) is 37.0 Å². The number of amides is 2. The molecule has 2 aromatic carbocycles. The van der Waals surface area contributed by atoms with Gasteiger partial charge in [-0.05, 0) is 37.6 Å². The van der Waals surface area contributed by atoms with E-state index in [1.54, 1.807) is 41.9 Å². The molecule has 0 unspecified atom stereocenters. The minimum absolute atomic E-state index is 0.0421. The van der Waals surface area contributed by atoms with Gasteiger partial charge in [-0.1, -0.05) is 41.4 Å². The molecule has 26 heavy (non-hydrogen) atoms. The molecule has 0 aliphatic heterocycles. The largest absolute Gasteiger partial charge is 0.324 e. The number of anilines is 2. The highest BCUT2D eigenvalue weighted by Crippen LogP contribution is 2.29. The van der Waals surface area contributed by atoms with E-state index in [1.807, 2.05) is 30.5 Å². The van der Waals surface area contributed by atoms with Gasteiger partial charge in [0.1, 0.15) is 0 Å². The summed E-state index contributed by atoms with van der Waals surface area (Å²) in [6, 6.07) is 12.6. The van der Waals surface area contributed by atoms with Gasteiger partial charge in [0.15, 0.2) is 0 Å². The number of nitrogens with zero attached hydrogens (tertiary/aromatic N) is 1. The monoisotopic (exact) mass is 411 g/mol. The lowest BCUT2D eigenvalue weighted by atomic mass is 10.3. The van der Waals surface area contributed by atoms with E-state index in [1.165, 1.54) is 0 Å². The van der Waals surface area contributed by atoms with Crippen LogP contribution in [0, 0.1) is 0 Å². The van der Waals surface area contributed by atoms with Crippen molar-refractivity contribution in [3.8, 4) is 0 Å². The summed E-state index contributed by atoms with van der Waals surface area (Å²) >= 11 is 13.5. The van der Waals surface area contributed by atoms with Gasteiger partial charge in [0.05, 0.1) is 34.5 Å². The van der Waals surface area contributed by atoms with Crippen LogP contribution in [0.5, 0.6) is 0 Å². The van der Waals surface area contributed by atoms with Crippen molar-refractivity contribution in [1.29, 1.82) is 0 Å². The van der Waals surface area contributed by atoms with Gasteiger partial charge < -0.3 is 10.6 Å². The van der Waals surface area contributed by atoms with E-state index in [9.17, 15) is 9.59 Å². The molecule has 0 spiro atoms. The van der Waals surface area contributed by atoms with E-state index in [2.05, 4.69) is 10.6 Å². The SMILES string of the molecule is CSc1ccccc1NC(=O)CN(C)CC(=O)Nc1cccc(Cl)c1Cl. The number of para-hydroxylation sites is 1. The Morgan fingerprint density at radius 1 is 0.962 bits per heavy atom. The van der Waals surface area contributed by atoms with E-state index in [0.29, 0.717) is 10.7 Å². The van der Waals surface area contributed by atoms with Crippen LogP contribution >= 0.6 is 35.0 Å². The van der Waals surface area contributed by atoms with Crippen LogP contribution in [0.3, 0.4) is 0 Å². The van der Waals surface area contributed by atoms with Crippen molar-refractivity contribution in [3.05, 3.63) is 52.5 Å². The zero-order valence-corrected chi connectivity index (χ0v) is 16.7. The molecule has 0 aliphatic carbocycles. The molecular weight excluding hydrogens is 393 g/mol. The summed E-state index contributed by atoms with van der Waals surface area (Å²) in [5.74, 6) is -0.475. The Hall–Kier alpha value is -1.73. The van der Waals surface area contributed by atoms with E-state index in [-0.39, 0.29) is 29.9 Å². The van der Waals surface area contributed by atoms with Gasteiger partial charge in [-0.15, -0.1) is 11.8 Å². The third-order valence-corrected chi connectivity index (χ3v) is 5.05. The summed E-state index contributed by atoms with van der Waals surface area (Å²) in [6.45, 7) is 0.125. The minimum Gasteiger partial charge on any atom is -0.324 e. The highest BCUT2D eigenvalue weighted by atomic mass is 35.5. The van der Waals surface area contributed by atoms with Gasteiger partial charge in [-0.25, -0.2) is 0 Å². The van der Waals surface area contributed by atoms with Crippen LogP contribution in [0.1, 0.15) is 0 Å². The normalized spacial score (nSPS) is 10.7. The molecule has 2 rings (SSSR count). The topological polar surface area (TPSA) is 61.4 Å². The van der Waals surface area contributed by atoms with Crippen LogP contribution in [0.15, 0.2) is 47.4 Å². The number of likely N-dealkylation sites (N-methyl/N-ethyl adjacent to an activating group) is 1. The van der Waals surface area contributed by atoms with Crippen LogP contribution in [0.2, 0.25) is 10.0 Å². The summed E-state index contributed by atoms with van der Waals surface area (Å²) in [6.07, 6.45) is 1.95. The standard InChI is InChI=1S/C18H19Cl2N3O2S/c1-23(10-16(24)21-13-7-3-4-9-15(13)26-2)11-17(25)22-14-8-5-6-12(19)18(14)20/h3-9H,10-11H2,1-2H3,(H,21,24)(H,22,25). The van der Waals surface area contributed by atoms with Gasteiger partial charge in [-0.3, -0.25) is 14.5 Å². The second-order valence-electron chi connectivity index (χ2n) is 5.57. The third kappa shape index (κ3) is 5.92. The van der Waals surface area contributed by atoms with Gasteiger partial charge in [0, 0.05) is 4.90 Å². The van der Waals surface area contributed by atoms with E-state index in [0.717, 1.165) is 10.6 Å². The number of carbonyl (C=O) groups excluding carboxylic acids is 2. The number of hydrogen-bond donors (Lipinski definition) is 2. The van der Waals surface area contributed by atoms with Crippen LogP contribution in [0.4, 0.5) is 11.4 Å². The van der Waals surface area contributed by atoms with Crippen molar-refractivity contribution in [2.24, 2.45) is 0 Å². The number of benzene rings is 2. The maximum absolute atomic E-state index is 12.2. The molecule has 0 saturated carbocycles. The average molecular weight is 412 g/mol. The summed E-state index contributed by atoms with van der Waals surface area (Å²) < 4.78 is 0. The molecule has 0 radical (unpaired) electrons. The molecule has 0 atom stereocenters. The number of halogens is 2. The average Bonchev–Trinajstić information content (AvgIpc) is 2.59. The fourth-order valence-electron chi connectivity index (χ4n) is 2.27. The molecule has 0 aromatic heterocycles. The first-order valence-electron chi connectivity index (χ1n) is 7.76. The van der Waals surface area contributed by atoms with Crippen LogP contribution in [-0.4, -0.2) is 43.1 Å². The summed E-state index contributed by atoms with van der Waals surface area (Å²) in [7, 11) is 1.69. The predicted molar refractivity (Wildman–Crippen MR) is 109 cm³/mol. The predicted octanol–water partition coefficient (Wildman–Crippen LogP) is 4.22. The zero-order chi connectivity index (χ0) is 19.1. The van der Waals surface area contributed by atoms with Crippen molar-refractivity contribution >= 4 is 58.2 Å². The number of thioether (sulfide) groups is 1. The van der Waals surface area contributed by atoms with E-state index < -0.39 is 0 Å². The van der Waals surface area contributed by atoms with Crippen molar-refractivity contribution < 1.29 is 9.59 Å². The molecule has 2 N–H and O–H groups in total. The molecule has 2 aromatic rings. The fourth-order valence-corrected chi connectivity index (χ4v) is 3.18. The summed E-state index contributed by atoms with van der Waals surface area (Å²) in [5, 5.41) is 6.21. The second-order valence-corrected chi connectivity index (χ2v) is 7.20. The number of nitrogens with one attached hydrogen (secondary N) is 2. The van der Waals surface area contributed by atoms with E-state index in [4.69, 9.17) is 23.2 Å². The van der Waals surface area contributed by atoms with Crippen LogP contribution < -0.4 is 10.6 Å². The Kier molecular flexibility index (Phi) is 7.78. The Bertz CT molecular complexity index is 802. The fraction of sp³-hybridized carbons (Fsp3) is 0.222. The first-order chi connectivity index (χ1) is 12.4. The Labute approximate surface area is 167 Å². The Morgan fingerprint density at radius 3 is 2.19 bits per heavy atom. The first kappa shape index (κ1) is 20.6. The summed E-state index contributed by atoms with van der Waals surface area (Å²) in [5.41, 5.74) is 1.20. The van der Waals surface area contributed by atoms with Crippen molar-refractivity contribution in [1.82, 2.24) is 4.90 Å². The number of hydrogen-bond acceptors (Lipinski definition) is 4. The van der Waals surface area contributed by atoms with Crippen LogP contribution in [0.25, 0.3) is 0 Å². The number of rotatable bonds is 7. The lowest BCUT2D eigenvalue weighted by Crippen LogP contribution is -2.36. The molecule has 0 bridgehead atoms. The van der Waals surface area contributed by atoms with Crippen molar-refractivity contribution in [3.63, 3.8) is 0 Å². The van der Waals surface area contributed by atoms with Gasteiger partial charge in [-0.2, -0.15) is 0 Å². The zero-order valence-electron chi connectivity index (χ0n) is 14.4. The van der Waals surface area contributed by atoms with Gasteiger partial charge in [0.25, 0.3) is 0 Å². The van der Waals surface area contributed by atoms with Gasteiger partial charge in [0.2, 0.25) is 11.8 Å². The molecule has 5 nitrogen and oxygen atoms in total. The minimum atomic E-state index is -0.283. The third-order valence-electron chi connectivity index (χ3n) is 3.43. The first-order valence-corrected chi connectivity index (χ1v) is 9.74. The maximum atomic E-state index is 12.2. The van der Waals surface area contributed by atoms with Gasteiger partial charge >= 0.3 is 0 Å². The molecule has 0 fully saturated rings. The van der Waals surface area contributed by atoms with Crippen LogP contribution in [-0.2, 0) is 9.59 Å². The highest BCUT2D eigenvalue weighted by molar-refractivity contribution is 7.98. The maximum Gasteiger partial charge on any atom is 0.238 e. The summed E-state index contributed by atoms with van der Waals surface area (Å²) in [4.78, 5) is 26.9. The molecular formula is C18H19Cl2N3O2S. The molecule has 2 amide bonds. The molecule has 8 heteroatoms. The Balaban J connectivity index is 1.87. The van der Waals surface area contributed by atoms with E-state index >= 15 is 0 Å². The molecule has 0 heterocycles. The smallest absolute Gasteiger partial charge is 0.238 e. The lowest BCUT2D eigenvalue weighted by Gasteiger charge is -2.17. The molecule has 0 aliphatic rings. The lowest BCUT2D eigenvalue weighted by molar-refractivity contribution is -0.119. The highest BCUT2D eigenvalue weighted by Gasteiger charge is 2.14. The molecule has 0 saturated heterocycles. The quantitative estimate of drug-likeness (QED) is 0.669. The number of carbonyl (C=O) groups is 2. The van der Waals surface area contributed by atoms with Crippen molar-refractivity contribution in [2.45, 2.75) is 4.90 Å².